The van der Waals surface area contributed by atoms with Crippen molar-refractivity contribution in [2.24, 2.45) is 0 Å². The molecule has 4 rings (SSSR count). The second-order valence-electron chi connectivity index (χ2n) is 8.54. The summed E-state index contributed by atoms with van der Waals surface area (Å²) in [4.78, 5) is 26.4. The van der Waals surface area contributed by atoms with E-state index in [4.69, 9.17) is 14.2 Å². The van der Waals surface area contributed by atoms with Crippen LogP contribution in [-0.4, -0.2) is 34.8 Å². The Morgan fingerprint density at radius 3 is 2.10 bits per heavy atom. The highest BCUT2D eigenvalue weighted by atomic mass is 16.7. The minimum atomic E-state index is -0.762. The number of rotatable bonds is 5. The zero-order valence-corrected chi connectivity index (χ0v) is 17.5. The van der Waals surface area contributed by atoms with E-state index in [0.717, 1.165) is 51.4 Å². The van der Waals surface area contributed by atoms with E-state index in [-0.39, 0.29) is 30.7 Å². The zero-order chi connectivity index (χ0) is 21.1. The largest absolute Gasteiger partial charge is 0.454 e. The van der Waals surface area contributed by atoms with Crippen LogP contribution in [0.4, 0.5) is 10.5 Å². The van der Waals surface area contributed by atoms with Crippen molar-refractivity contribution in [2.45, 2.75) is 89.3 Å². The van der Waals surface area contributed by atoms with Crippen LogP contribution in [0.3, 0.4) is 0 Å². The Morgan fingerprint density at radius 1 is 1.03 bits per heavy atom. The molecule has 8 nitrogen and oxygen atoms in total. The number of hydrogen-bond donors (Lipinski definition) is 0. The number of nitro groups is 1. The van der Waals surface area contributed by atoms with Crippen LogP contribution in [0.15, 0.2) is 12.1 Å². The molecule has 0 saturated heterocycles. The molecule has 1 aliphatic heterocycles. The lowest BCUT2D eigenvalue weighted by Gasteiger charge is -2.41. The van der Waals surface area contributed by atoms with Crippen molar-refractivity contribution in [3.8, 4) is 11.5 Å². The van der Waals surface area contributed by atoms with Gasteiger partial charge in [0, 0.05) is 12.1 Å². The Balaban J connectivity index is 1.55. The average Bonchev–Trinajstić information content (AvgIpc) is 3.22. The minimum Gasteiger partial charge on any atom is -0.454 e. The third-order valence-electron chi connectivity index (χ3n) is 6.58. The molecule has 2 aliphatic carbocycles. The van der Waals surface area contributed by atoms with Gasteiger partial charge in [0.2, 0.25) is 6.79 Å². The summed E-state index contributed by atoms with van der Waals surface area (Å²) in [6.45, 7) is 1.71. The zero-order valence-electron chi connectivity index (χ0n) is 17.5. The molecule has 0 aromatic heterocycles. The first-order valence-electron chi connectivity index (χ1n) is 11.1. The van der Waals surface area contributed by atoms with E-state index in [0.29, 0.717) is 17.1 Å². The fourth-order valence-corrected chi connectivity index (χ4v) is 5.02. The first-order valence-corrected chi connectivity index (χ1v) is 11.1. The number of hydrogen-bond acceptors (Lipinski definition) is 6. The maximum Gasteiger partial charge on any atom is 0.410 e. The van der Waals surface area contributed by atoms with Gasteiger partial charge in [-0.3, -0.25) is 10.1 Å². The molecule has 0 bridgehead atoms. The van der Waals surface area contributed by atoms with E-state index in [9.17, 15) is 14.9 Å². The van der Waals surface area contributed by atoms with E-state index < -0.39 is 11.0 Å². The Hall–Kier alpha value is -2.51. The van der Waals surface area contributed by atoms with Gasteiger partial charge in [-0.15, -0.1) is 0 Å². The quantitative estimate of drug-likeness (QED) is 0.464. The van der Waals surface area contributed by atoms with Crippen LogP contribution in [-0.2, 0) is 4.74 Å². The van der Waals surface area contributed by atoms with Gasteiger partial charge < -0.3 is 19.1 Å². The van der Waals surface area contributed by atoms with Crippen LogP contribution in [0.25, 0.3) is 0 Å². The topological polar surface area (TPSA) is 91.1 Å². The molecular formula is C22H30N2O6. The van der Waals surface area contributed by atoms with Gasteiger partial charge in [0.1, 0.15) is 6.10 Å². The fraction of sp³-hybridized carbons (Fsp3) is 0.682. The summed E-state index contributed by atoms with van der Waals surface area (Å²) in [7, 11) is 0. The highest BCUT2D eigenvalue weighted by Gasteiger charge is 2.35. The Morgan fingerprint density at radius 2 is 1.57 bits per heavy atom. The van der Waals surface area contributed by atoms with E-state index in [1.807, 2.05) is 4.90 Å². The number of fused-ring (bicyclic) bond motifs is 1. The van der Waals surface area contributed by atoms with E-state index >= 15 is 0 Å². The summed E-state index contributed by atoms with van der Waals surface area (Å²) in [6, 6.07) is 3.31. The third-order valence-corrected chi connectivity index (χ3v) is 6.58. The Bertz CT molecular complexity index is 768. The highest BCUT2D eigenvalue weighted by Crippen LogP contribution is 2.41. The second kappa shape index (κ2) is 9.10. The van der Waals surface area contributed by atoms with E-state index in [1.54, 1.807) is 13.0 Å². The summed E-state index contributed by atoms with van der Waals surface area (Å²) < 4.78 is 16.5. The molecule has 2 fully saturated rings. The molecule has 0 spiro atoms. The normalized spacial score (nSPS) is 20.6. The van der Waals surface area contributed by atoms with Crippen molar-refractivity contribution in [2.75, 3.05) is 6.79 Å². The number of carbonyl (C=O) groups is 1. The molecule has 1 atom stereocenters. The first-order chi connectivity index (χ1) is 14.5. The molecule has 1 unspecified atom stereocenters. The van der Waals surface area contributed by atoms with Crippen LogP contribution in [0.5, 0.6) is 11.5 Å². The van der Waals surface area contributed by atoms with Crippen molar-refractivity contribution in [3.05, 3.63) is 27.8 Å². The van der Waals surface area contributed by atoms with Gasteiger partial charge in [0.05, 0.1) is 16.6 Å². The number of carbonyl (C=O) groups excluding carboxylic acids is 1. The minimum absolute atomic E-state index is 0.0290. The molecule has 0 N–H and O–H groups in total. The lowest BCUT2D eigenvalue weighted by Crippen LogP contribution is -2.49. The van der Waals surface area contributed by atoms with Gasteiger partial charge >= 0.3 is 6.09 Å². The number of ether oxygens (including phenoxy) is 3. The van der Waals surface area contributed by atoms with Crippen molar-refractivity contribution in [1.29, 1.82) is 0 Å². The standard InChI is InChI=1S/C22H30N2O6/c1-15(18-12-20-21(29-14-28-20)13-19(18)24(26)27)30-22(25)23(16-8-4-2-5-9-16)17-10-6-3-7-11-17/h12-13,15-17H,2-11,14H2,1H3. The molecule has 8 heteroatoms. The summed E-state index contributed by atoms with van der Waals surface area (Å²) in [5, 5.41) is 11.6. The summed E-state index contributed by atoms with van der Waals surface area (Å²) in [5.74, 6) is 0.782. The lowest BCUT2D eigenvalue weighted by atomic mass is 9.89. The van der Waals surface area contributed by atoms with Crippen LogP contribution in [0.1, 0.15) is 82.8 Å². The first kappa shape index (κ1) is 20.8. The maximum absolute atomic E-state index is 13.3. The predicted octanol–water partition coefficient (Wildman–Crippen LogP) is 5.49. The van der Waals surface area contributed by atoms with Gasteiger partial charge in [-0.25, -0.2) is 4.79 Å². The van der Waals surface area contributed by atoms with Gasteiger partial charge in [-0.05, 0) is 38.7 Å². The van der Waals surface area contributed by atoms with Crippen LogP contribution in [0.2, 0.25) is 0 Å². The molecule has 164 valence electrons. The summed E-state index contributed by atoms with van der Waals surface area (Å²) >= 11 is 0. The average molecular weight is 418 g/mol. The Labute approximate surface area is 176 Å². The Kier molecular flexibility index (Phi) is 6.29. The molecule has 1 aromatic rings. The number of nitrogens with zero attached hydrogens (tertiary/aromatic N) is 2. The summed E-state index contributed by atoms with van der Waals surface area (Å²) in [6.07, 6.45) is 9.84. The van der Waals surface area contributed by atoms with E-state index in [2.05, 4.69) is 0 Å². The molecule has 2 saturated carbocycles. The molecule has 1 aromatic carbocycles. The van der Waals surface area contributed by atoms with Crippen molar-refractivity contribution < 1.29 is 23.9 Å². The molecular weight excluding hydrogens is 388 g/mol. The van der Waals surface area contributed by atoms with Crippen LogP contribution >= 0.6 is 0 Å². The van der Waals surface area contributed by atoms with Crippen molar-refractivity contribution >= 4 is 11.8 Å². The van der Waals surface area contributed by atoms with Gasteiger partial charge in [0.25, 0.3) is 5.69 Å². The molecule has 1 heterocycles. The van der Waals surface area contributed by atoms with Gasteiger partial charge in [0.15, 0.2) is 11.5 Å². The van der Waals surface area contributed by atoms with Gasteiger partial charge in [-0.1, -0.05) is 38.5 Å². The summed E-state index contributed by atoms with van der Waals surface area (Å²) in [5.41, 5.74) is 0.200. The number of nitro benzene ring substituents is 1. The monoisotopic (exact) mass is 418 g/mol. The number of benzene rings is 1. The smallest absolute Gasteiger partial charge is 0.410 e. The van der Waals surface area contributed by atoms with Crippen LogP contribution < -0.4 is 9.47 Å². The maximum atomic E-state index is 13.3. The molecule has 3 aliphatic rings. The molecule has 0 radical (unpaired) electrons. The molecule has 30 heavy (non-hydrogen) atoms. The van der Waals surface area contributed by atoms with E-state index in [1.165, 1.54) is 18.9 Å². The van der Waals surface area contributed by atoms with Crippen molar-refractivity contribution in [3.63, 3.8) is 0 Å². The second-order valence-corrected chi connectivity index (χ2v) is 8.54. The third kappa shape index (κ3) is 4.32. The number of amides is 1. The highest BCUT2D eigenvalue weighted by molar-refractivity contribution is 5.69. The molecule has 1 amide bonds. The predicted molar refractivity (Wildman–Crippen MR) is 110 cm³/mol. The van der Waals surface area contributed by atoms with Crippen molar-refractivity contribution in [1.82, 2.24) is 4.90 Å². The SMILES string of the molecule is CC(OC(=O)N(C1CCCCC1)C1CCCCC1)c1cc2c(cc1[N+](=O)[O-])OCO2. The van der Waals surface area contributed by atoms with Gasteiger partial charge in [-0.2, -0.15) is 0 Å². The van der Waals surface area contributed by atoms with Crippen LogP contribution in [0, 0.1) is 10.1 Å². The fourth-order valence-electron chi connectivity index (χ4n) is 5.02. The lowest BCUT2D eigenvalue weighted by molar-refractivity contribution is -0.386.